The van der Waals surface area contributed by atoms with E-state index in [1.54, 1.807) is 17.0 Å². The number of nitrogens with one attached hydrogen (secondary N) is 1. The van der Waals surface area contributed by atoms with Gasteiger partial charge in [0.05, 0.1) is 11.0 Å². The van der Waals surface area contributed by atoms with Crippen molar-refractivity contribution in [3.05, 3.63) is 71.0 Å². The molecule has 0 bridgehead atoms. The lowest BCUT2D eigenvalue weighted by Gasteiger charge is -2.39. The van der Waals surface area contributed by atoms with E-state index in [1.807, 2.05) is 38.1 Å². The summed E-state index contributed by atoms with van der Waals surface area (Å²) >= 11 is 0. The molecule has 4 nitrogen and oxygen atoms in total. The monoisotopic (exact) mass is 368 g/mol. The van der Waals surface area contributed by atoms with Gasteiger partial charge in [-0.1, -0.05) is 42.0 Å². The second kappa shape index (κ2) is 7.91. The van der Waals surface area contributed by atoms with E-state index < -0.39 is 11.2 Å². The zero-order chi connectivity index (χ0) is 19.4. The van der Waals surface area contributed by atoms with Crippen LogP contribution in [0.25, 0.3) is 0 Å². The van der Waals surface area contributed by atoms with Gasteiger partial charge in [0, 0.05) is 19.6 Å². The zero-order valence-corrected chi connectivity index (χ0v) is 15.8. The maximum atomic E-state index is 14.0. The number of amides is 2. The van der Waals surface area contributed by atoms with Crippen LogP contribution in [-0.2, 0) is 11.3 Å². The molecule has 1 aliphatic heterocycles. The molecule has 142 valence electrons. The molecule has 0 saturated carbocycles. The van der Waals surface area contributed by atoms with Gasteiger partial charge < -0.3 is 10.2 Å². The number of hydrogen-bond donors (Lipinski definition) is 1. The van der Waals surface area contributed by atoms with Crippen LogP contribution in [0.5, 0.6) is 0 Å². The Bertz CT molecular complexity index is 834. The molecule has 1 aliphatic rings. The summed E-state index contributed by atoms with van der Waals surface area (Å²) in [6, 6.07) is 14.0. The highest BCUT2D eigenvalue weighted by Crippen LogP contribution is 2.31. The third kappa shape index (κ3) is 4.35. The number of nitrogens with zero attached hydrogens (tertiary/aromatic N) is 1. The molecule has 1 fully saturated rings. The number of piperidine rings is 1. The number of aryl methyl sites for hydroxylation is 1. The molecule has 2 aromatic carbocycles. The summed E-state index contributed by atoms with van der Waals surface area (Å²) in [6.07, 6.45) is 1.42. The smallest absolute Gasteiger partial charge is 0.256 e. The molecule has 0 aliphatic carbocycles. The normalized spacial score (nSPS) is 19.6. The average molecular weight is 368 g/mol. The van der Waals surface area contributed by atoms with E-state index in [9.17, 15) is 14.0 Å². The van der Waals surface area contributed by atoms with Gasteiger partial charge >= 0.3 is 0 Å². The van der Waals surface area contributed by atoms with Crippen LogP contribution in [0.3, 0.4) is 0 Å². The van der Waals surface area contributed by atoms with Crippen molar-refractivity contribution in [3.63, 3.8) is 0 Å². The number of hydrogen-bond acceptors (Lipinski definition) is 2. The topological polar surface area (TPSA) is 49.4 Å². The van der Waals surface area contributed by atoms with Gasteiger partial charge in [-0.25, -0.2) is 4.39 Å². The molecule has 0 radical (unpaired) electrons. The van der Waals surface area contributed by atoms with E-state index in [-0.39, 0.29) is 17.4 Å². The van der Waals surface area contributed by atoms with E-state index in [0.29, 0.717) is 32.5 Å². The summed E-state index contributed by atoms with van der Waals surface area (Å²) in [5.41, 5.74) is 1.59. The predicted octanol–water partition coefficient (Wildman–Crippen LogP) is 3.69. The molecule has 1 saturated heterocycles. The van der Waals surface area contributed by atoms with Gasteiger partial charge in [-0.15, -0.1) is 0 Å². The van der Waals surface area contributed by atoms with Gasteiger partial charge in [-0.05, 0) is 44.4 Å². The first-order chi connectivity index (χ1) is 12.9. The molecule has 5 heteroatoms. The molecule has 0 spiro atoms. The number of carbonyl (C=O) groups excluding carboxylic acids is 2. The minimum atomic E-state index is -0.677. The van der Waals surface area contributed by atoms with Crippen LogP contribution in [0.4, 0.5) is 4.39 Å². The van der Waals surface area contributed by atoms with Gasteiger partial charge in [-0.3, -0.25) is 9.59 Å². The number of rotatable bonds is 4. The van der Waals surface area contributed by atoms with Crippen molar-refractivity contribution in [2.24, 2.45) is 5.41 Å². The van der Waals surface area contributed by atoms with E-state index in [4.69, 9.17) is 0 Å². The second-order valence-electron chi connectivity index (χ2n) is 7.54. The maximum absolute atomic E-state index is 14.0. The van der Waals surface area contributed by atoms with Crippen molar-refractivity contribution in [2.75, 3.05) is 13.1 Å². The Morgan fingerprint density at radius 1 is 1.15 bits per heavy atom. The van der Waals surface area contributed by atoms with E-state index in [0.717, 1.165) is 5.56 Å². The Morgan fingerprint density at radius 3 is 2.56 bits per heavy atom. The van der Waals surface area contributed by atoms with Crippen LogP contribution < -0.4 is 5.32 Å². The molecule has 1 N–H and O–H groups in total. The molecule has 2 aromatic rings. The van der Waals surface area contributed by atoms with Gasteiger partial charge in [0.2, 0.25) is 5.91 Å². The van der Waals surface area contributed by atoms with Gasteiger partial charge in [0.1, 0.15) is 5.82 Å². The van der Waals surface area contributed by atoms with Crippen molar-refractivity contribution in [1.29, 1.82) is 0 Å². The Kier molecular flexibility index (Phi) is 5.59. The van der Waals surface area contributed by atoms with Crippen LogP contribution in [0.15, 0.2) is 48.5 Å². The minimum absolute atomic E-state index is 0.0572. The first-order valence-electron chi connectivity index (χ1n) is 9.27. The zero-order valence-electron chi connectivity index (χ0n) is 15.8. The average Bonchev–Trinajstić information content (AvgIpc) is 2.67. The molecule has 27 heavy (non-hydrogen) atoms. The Morgan fingerprint density at radius 2 is 1.85 bits per heavy atom. The second-order valence-corrected chi connectivity index (χ2v) is 7.54. The highest BCUT2D eigenvalue weighted by molar-refractivity contribution is 5.95. The summed E-state index contributed by atoms with van der Waals surface area (Å²) in [5, 5.41) is 2.99. The molecule has 3 rings (SSSR count). The standard InChI is InChI=1S/C22H25FN2O2/c1-16-8-10-17(11-9-16)14-24-21(27)22(2)12-5-13-25(15-22)20(26)18-6-3-4-7-19(18)23/h3-4,6-11H,5,12-15H2,1-2H3,(H,24,27). The lowest BCUT2D eigenvalue weighted by molar-refractivity contribution is -0.132. The Labute approximate surface area is 159 Å². The Balaban J connectivity index is 1.66. The fourth-order valence-electron chi connectivity index (χ4n) is 3.50. The van der Waals surface area contributed by atoms with Crippen molar-refractivity contribution in [3.8, 4) is 0 Å². The van der Waals surface area contributed by atoms with Crippen molar-refractivity contribution in [2.45, 2.75) is 33.2 Å². The number of benzene rings is 2. The molecular weight excluding hydrogens is 343 g/mol. The van der Waals surface area contributed by atoms with Crippen LogP contribution in [0, 0.1) is 18.2 Å². The molecule has 1 heterocycles. The van der Waals surface area contributed by atoms with Crippen molar-refractivity contribution >= 4 is 11.8 Å². The lowest BCUT2D eigenvalue weighted by Crippen LogP contribution is -2.51. The summed E-state index contributed by atoms with van der Waals surface area (Å²) in [4.78, 5) is 27.1. The van der Waals surface area contributed by atoms with Crippen LogP contribution in [0.1, 0.15) is 41.3 Å². The predicted molar refractivity (Wildman–Crippen MR) is 103 cm³/mol. The molecule has 0 aromatic heterocycles. The highest BCUT2D eigenvalue weighted by Gasteiger charge is 2.39. The fourth-order valence-corrected chi connectivity index (χ4v) is 3.50. The third-order valence-corrected chi connectivity index (χ3v) is 5.21. The van der Waals surface area contributed by atoms with E-state index in [2.05, 4.69) is 5.32 Å². The first-order valence-corrected chi connectivity index (χ1v) is 9.27. The van der Waals surface area contributed by atoms with E-state index in [1.165, 1.54) is 17.7 Å². The Hall–Kier alpha value is -2.69. The van der Waals surface area contributed by atoms with Crippen LogP contribution in [0.2, 0.25) is 0 Å². The summed E-state index contributed by atoms with van der Waals surface area (Å²) in [5.74, 6) is -0.960. The van der Waals surface area contributed by atoms with Crippen molar-refractivity contribution in [1.82, 2.24) is 10.2 Å². The number of halogens is 1. The highest BCUT2D eigenvalue weighted by atomic mass is 19.1. The summed E-state index contributed by atoms with van der Waals surface area (Å²) < 4.78 is 14.0. The third-order valence-electron chi connectivity index (χ3n) is 5.21. The quantitative estimate of drug-likeness (QED) is 0.895. The minimum Gasteiger partial charge on any atom is -0.351 e. The van der Waals surface area contributed by atoms with Gasteiger partial charge in [0.15, 0.2) is 0 Å². The van der Waals surface area contributed by atoms with Crippen molar-refractivity contribution < 1.29 is 14.0 Å². The summed E-state index contributed by atoms with van der Waals surface area (Å²) in [6.45, 7) is 5.18. The largest absolute Gasteiger partial charge is 0.351 e. The number of likely N-dealkylation sites (tertiary alicyclic amines) is 1. The van der Waals surface area contributed by atoms with Crippen LogP contribution >= 0.6 is 0 Å². The SMILES string of the molecule is Cc1ccc(CNC(=O)C2(C)CCCN(C(=O)c3ccccc3F)C2)cc1. The van der Waals surface area contributed by atoms with Gasteiger partial charge in [0.25, 0.3) is 5.91 Å². The maximum Gasteiger partial charge on any atom is 0.256 e. The first kappa shape index (κ1) is 19.1. The molecule has 2 amide bonds. The van der Waals surface area contributed by atoms with E-state index >= 15 is 0 Å². The fraction of sp³-hybridized carbons (Fsp3) is 0.364. The molecular formula is C22H25FN2O2. The number of carbonyl (C=O) groups is 2. The molecule has 1 unspecified atom stereocenters. The lowest BCUT2D eigenvalue weighted by atomic mass is 9.80. The van der Waals surface area contributed by atoms with Gasteiger partial charge in [-0.2, -0.15) is 0 Å². The van der Waals surface area contributed by atoms with Crippen LogP contribution in [-0.4, -0.2) is 29.8 Å². The summed E-state index contributed by atoms with van der Waals surface area (Å²) in [7, 11) is 0. The molecule has 1 atom stereocenters.